The van der Waals surface area contributed by atoms with Gasteiger partial charge in [0.25, 0.3) is 0 Å². The Bertz CT molecular complexity index is 576. The van der Waals surface area contributed by atoms with Gasteiger partial charge in [0.15, 0.2) is 0 Å². The summed E-state index contributed by atoms with van der Waals surface area (Å²) in [6.07, 6.45) is 0. The second kappa shape index (κ2) is 5.41. The van der Waals surface area contributed by atoms with Crippen LogP contribution in [-0.2, 0) is 4.57 Å². The average Bonchev–Trinajstić information content (AvgIpc) is 2.38. The summed E-state index contributed by atoms with van der Waals surface area (Å²) in [6, 6.07) is 14.8. The fourth-order valence-corrected chi connectivity index (χ4v) is 3.31. The van der Waals surface area contributed by atoms with Gasteiger partial charge in [0.2, 0.25) is 0 Å². The van der Waals surface area contributed by atoms with E-state index in [1.165, 1.54) is 0 Å². The molecule has 94 valence electrons. The van der Waals surface area contributed by atoms with Crippen molar-refractivity contribution < 1.29 is 9.67 Å². The van der Waals surface area contributed by atoms with E-state index in [4.69, 9.17) is 0 Å². The molecule has 0 spiro atoms. The van der Waals surface area contributed by atoms with Crippen molar-refractivity contribution in [2.75, 3.05) is 0 Å². The first-order valence-corrected chi connectivity index (χ1v) is 7.51. The highest BCUT2D eigenvalue weighted by Crippen LogP contribution is 2.35. The van der Waals surface area contributed by atoms with Crippen LogP contribution in [0.15, 0.2) is 48.5 Å². The lowest BCUT2D eigenvalue weighted by molar-refractivity contribution is 0.477. The third kappa shape index (κ3) is 2.49. The molecule has 0 fully saturated rings. The molecule has 0 aliphatic heterocycles. The molecule has 2 aromatic carbocycles. The molecule has 0 amide bonds. The molecule has 0 aromatic heterocycles. The summed E-state index contributed by atoms with van der Waals surface area (Å²) in [6.45, 7) is 3.92. The van der Waals surface area contributed by atoms with Gasteiger partial charge in [-0.2, -0.15) is 0 Å². The third-order valence-electron chi connectivity index (χ3n) is 2.91. The molecule has 2 nitrogen and oxygen atoms in total. The Morgan fingerprint density at radius 3 is 2.11 bits per heavy atom. The maximum Gasteiger partial charge on any atom is 0.123 e. The van der Waals surface area contributed by atoms with Crippen molar-refractivity contribution >= 4 is 13.1 Å². The van der Waals surface area contributed by atoms with E-state index in [9.17, 15) is 9.67 Å². The van der Waals surface area contributed by atoms with Crippen molar-refractivity contribution in [2.45, 2.75) is 19.5 Å². The molecule has 2 rings (SSSR count). The van der Waals surface area contributed by atoms with Gasteiger partial charge in [-0.05, 0) is 11.6 Å². The van der Waals surface area contributed by atoms with Crippen LogP contribution in [0.2, 0.25) is 0 Å². The molecule has 2 aromatic rings. The molecule has 0 saturated heterocycles. The van der Waals surface area contributed by atoms with Gasteiger partial charge < -0.3 is 9.67 Å². The second-order valence-electron chi connectivity index (χ2n) is 4.58. The van der Waals surface area contributed by atoms with Crippen LogP contribution in [0.4, 0.5) is 0 Å². The summed E-state index contributed by atoms with van der Waals surface area (Å²) in [5.74, 6) is 0.225. The van der Waals surface area contributed by atoms with Gasteiger partial charge in [0.05, 0.1) is 0 Å². The van der Waals surface area contributed by atoms with Crippen molar-refractivity contribution in [3.8, 4) is 16.9 Å². The Balaban J connectivity index is 2.59. The van der Waals surface area contributed by atoms with Crippen LogP contribution in [0.5, 0.6) is 5.75 Å². The van der Waals surface area contributed by atoms with E-state index in [-0.39, 0.29) is 11.4 Å². The number of phenols is 1. The number of rotatable bonds is 3. The first-order chi connectivity index (χ1) is 8.61. The van der Waals surface area contributed by atoms with E-state index >= 15 is 0 Å². The van der Waals surface area contributed by atoms with Gasteiger partial charge in [0, 0.05) is 16.5 Å². The minimum Gasteiger partial charge on any atom is -0.507 e. The van der Waals surface area contributed by atoms with Gasteiger partial charge in [-0.3, -0.25) is 0 Å². The van der Waals surface area contributed by atoms with E-state index in [0.29, 0.717) is 0 Å². The van der Waals surface area contributed by atoms with Gasteiger partial charge in [-0.15, -0.1) is 0 Å². The van der Waals surface area contributed by atoms with Crippen molar-refractivity contribution in [3.05, 3.63) is 48.5 Å². The van der Waals surface area contributed by atoms with Crippen LogP contribution in [0.3, 0.4) is 0 Å². The van der Waals surface area contributed by atoms with E-state index < -0.39 is 7.80 Å². The number of hydrogen-bond acceptors (Lipinski definition) is 2. The van der Waals surface area contributed by atoms with E-state index in [2.05, 4.69) is 0 Å². The van der Waals surface area contributed by atoms with E-state index in [1.807, 2.05) is 50.2 Å². The second-order valence-corrected chi connectivity index (χ2v) is 7.00. The van der Waals surface area contributed by atoms with Crippen LogP contribution in [-0.4, -0.2) is 10.8 Å². The maximum absolute atomic E-state index is 12.4. The van der Waals surface area contributed by atoms with E-state index in [1.54, 1.807) is 12.1 Å². The Hall–Kier alpha value is -1.53. The Labute approximate surface area is 108 Å². The standard InChI is InChI=1S/C15H17O2P/c1-11(2)18(17)15-10-6-4-8-13(15)12-7-3-5-9-14(12)16/h3-11,16,18H,1-2H3. The first-order valence-electron chi connectivity index (χ1n) is 6.03. The normalized spacial score (nSPS) is 12.6. The Morgan fingerprint density at radius 1 is 0.944 bits per heavy atom. The summed E-state index contributed by atoms with van der Waals surface area (Å²) < 4.78 is 12.4. The zero-order valence-corrected chi connectivity index (χ0v) is 11.6. The molecule has 0 radical (unpaired) electrons. The van der Waals surface area contributed by atoms with E-state index in [0.717, 1.165) is 16.4 Å². The van der Waals surface area contributed by atoms with Crippen molar-refractivity contribution in [2.24, 2.45) is 0 Å². The number of benzene rings is 2. The Kier molecular flexibility index (Phi) is 3.88. The number of aromatic hydroxyl groups is 1. The zero-order chi connectivity index (χ0) is 13.1. The molecule has 1 unspecified atom stereocenters. The average molecular weight is 260 g/mol. The van der Waals surface area contributed by atoms with Crippen LogP contribution < -0.4 is 5.30 Å². The summed E-state index contributed by atoms with van der Waals surface area (Å²) in [7, 11) is -1.84. The monoisotopic (exact) mass is 260 g/mol. The van der Waals surface area contributed by atoms with Crippen molar-refractivity contribution in [1.82, 2.24) is 0 Å². The molecular weight excluding hydrogens is 243 g/mol. The minimum atomic E-state index is -1.84. The molecule has 1 N–H and O–H groups in total. The molecule has 0 saturated carbocycles. The lowest BCUT2D eigenvalue weighted by Crippen LogP contribution is -2.06. The summed E-state index contributed by atoms with van der Waals surface area (Å²) >= 11 is 0. The van der Waals surface area contributed by atoms with Gasteiger partial charge in [-0.1, -0.05) is 56.3 Å². The van der Waals surface area contributed by atoms with Crippen molar-refractivity contribution in [1.29, 1.82) is 0 Å². The predicted molar refractivity (Wildman–Crippen MR) is 77.3 cm³/mol. The van der Waals surface area contributed by atoms with Gasteiger partial charge in [-0.25, -0.2) is 0 Å². The number of hydrogen-bond donors (Lipinski definition) is 1. The molecule has 1 atom stereocenters. The van der Waals surface area contributed by atoms with Crippen LogP contribution in [0.1, 0.15) is 13.8 Å². The largest absolute Gasteiger partial charge is 0.507 e. The van der Waals surface area contributed by atoms with Crippen LogP contribution in [0.25, 0.3) is 11.1 Å². The highest BCUT2D eigenvalue weighted by molar-refractivity contribution is 7.54. The minimum absolute atomic E-state index is 0.127. The lowest BCUT2D eigenvalue weighted by Gasteiger charge is -2.12. The smallest absolute Gasteiger partial charge is 0.123 e. The fourth-order valence-electron chi connectivity index (χ4n) is 1.95. The SMILES string of the molecule is CC(C)[PH](=O)c1ccccc1-c1ccccc1O. The quantitative estimate of drug-likeness (QED) is 0.855. The van der Waals surface area contributed by atoms with Crippen LogP contribution in [0, 0.1) is 0 Å². The predicted octanol–water partition coefficient (Wildman–Crippen LogP) is 3.65. The molecule has 3 heteroatoms. The van der Waals surface area contributed by atoms with Gasteiger partial charge >= 0.3 is 0 Å². The molecule has 0 aliphatic carbocycles. The summed E-state index contributed by atoms with van der Waals surface area (Å²) in [5.41, 5.74) is 1.74. The summed E-state index contributed by atoms with van der Waals surface area (Å²) in [4.78, 5) is 0. The highest BCUT2D eigenvalue weighted by atomic mass is 31.1. The molecule has 0 bridgehead atoms. The van der Waals surface area contributed by atoms with Crippen LogP contribution >= 0.6 is 7.80 Å². The zero-order valence-electron chi connectivity index (χ0n) is 10.6. The van der Waals surface area contributed by atoms with Gasteiger partial charge in [0.1, 0.15) is 13.6 Å². The lowest BCUT2D eigenvalue weighted by atomic mass is 10.0. The Morgan fingerprint density at radius 2 is 1.50 bits per heavy atom. The molecule has 0 aliphatic rings. The molecule has 18 heavy (non-hydrogen) atoms. The molecular formula is C15H17O2P. The molecule has 0 heterocycles. The third-order valence-corrected chi connectivity index (χ3v) is 4.93. The topological polar surface area (TPSA) is 37.3 Å². The summed E-state index contributed by atoms with van der Waals surface area (Å²) in [5, 5.41) is 10.8. The maximum atomic E-state index is 12.4. The fraction of sp³-hybridized carbons (Fsp3) is 0.200. The number of para-hydroxylation sites is 1. The van der Waals surface area contributed by atoms with Crippen molar-refractivity contribution in [3.63, 3.8) is 0 Å². The number of phenolic OH excluding ortho intramolecular Hbond substituents is 1. The highest BCUT2D eigenvalue weighted by Gasteiger charge is 2.15. The first kappa shape index (κ1) is 12.9.